The van der Waals surface area contributed by atoms with E-state index >= 15 is 0 Å². The highest BCUT2D eigenvalue weighted by atomic mass is 32.1. The number of hydrogen-bond donors (Lipinski definition) is 1. The highest BCUT2D eigenvalue weighted by molar-refractivity contribution is 7.09. The largest absolute Gasteiger partial charge is 0.418 e. The Morgan fingerprint density at radius 3 is 2.72 bits per heavy atom. The zero-order valence-corrected chi connectivity index (χ0v) is 21.3. The Hall–Kier alpha value is -2.52. The summed E-state index contributed by atoms with van der Waals surface area (Å²) in [5.74, 6) is 1.28. The topological polar surface area (TPSA) is 53.9 Å². The zero-order chi connectivity index (χ0) is 25.1. The molecular weight excluding hydrogens is 483 g/mol. The van der Waals surface area contributed by atoms with Crippen LogP contribution < -0.4 is 5.32 Å². The van der Waals surface area contributed by atoms with E-state index in [1.54, 1.807) is 23.0 Å². The Morgan fingerprint density at radius 1 is 1.17 bits per heavy atom. The van der Waals surface area contributed by atoms with Crippen molar-refractivity contribution in [3.8, 4) is 0 Å². The van der Waals surface area contributed by atoms with Gasteiger partial charge in [0.05, 0.1) is 17.8 Å². The number of nitrogens with zero attached hydrogens (tertiary/aromatic N) is 4. The number of pyridine rings is 1. The molecule has 0 unspecified atom stereocenters. The third-order valence-corrected chi connectivity index (χ3v) is 8.23. The van der Waals surface area contributed by atoms with Crippen molar-refractivity contribution in [2.75, 3.05) is 18.4 Å². The SMILES string of the molecule is C[C@H]1CCCN(Cc2cnc(CNc3cccc([C@H](c4nncs4)C4CCC4)c3)c(C(F)(F)F)c2)C1. The second kappa shape index (κ2) is 10.8. The molecule has 0 radical (unpaired) electrons. The van der Waals surface area contributed by atoms with Crippen molar-refractivity contribution in [3.05, 3.63) is 69.4 Å². The van der Waals surface area contributed by atoms with Crippen molar-refractivity contribution >= 4 is 17.0 Å². The van der Waals surface area contributed by atoms with E-state index in [0.29, 0.717) is 23.9 Å². The Kier molecular flexibility index (Phi) is 7.57. The lowest BCUT2D eigenvalue weighted by atomic mass is 9.73. The minimum atomic E-state index is -4.45. The summed E-state index contributed by atoms with van der Waals surface area (Å²) < 4.78 is 41.9. The summed E-state index contributed by atoms with van der Waals surface area (Å²) in [6.45, 7) is 4.54. The number of halogens is 3. The summed E-state index contributed by atoms with van der Waals surface area (Å²) in [6, 6.07) is 9.22. The maximum absolute atomic E-state index is 14.0. The molecular formula is C27H32F3N5S. The molecule has 0 spiro atoms. The average Bonchev–Trinajstić information content (AvgIpc) is 3.34. The molecule has 1 aliphatic carbocycles. The van der Waals surface area contributed by atoms with Crippen molar-refractivity contribution in [2.45, 2.75) is 64.2 Å². The van der Waals surface area contributed by atoms with Crippen LogP contribution in [-0.2, 0) is 19.3 Å². The minimum Gasteiger partial charge on any atom is -0.379 e. The lowest BCUT2D eigenvalue weighted by molar-refractivity contribution is -0.138. The molecule has 3 aromatic rings. The molecule has 36 heavy (non-hydrogen) atoms. The third kappa shape index (κ3) is 5.89. The van der Waals surface area contributed by atoms with Crippen LogP contribution >= 0.6 is 11.3 Å². The predicted octanol–water partition coefficient (Wildman–Crippen LogP) is 6.73. The van der Waals surface area contributed by atoms with Gasteiger partial charge in [-0.2, -0.15) is 13.2 Å². The fourth-order valence-electron chi connectivity index (χ4n) is 5.43. The van der Waals surface area contributed by atoms with Crippen LogP contribution in [0.4, 0.5) is 18.9 Å². The number of piperidine rings is 1. The second-order valence-corrected chi connectivity index (χ2v) is 11.1. The van der Waals surface area contributed by atoms with Gasteiger partial charge in [0, 0.05) is 30.9 Å². The number of nitrogens with one attached hydrogen (secondary N) is 1. The first kappa shape index (κ1) is 25.1. The van der Waals surface area contributed by atoms with Gasteiger partial charge in [-0.25, -0.2) is 0 Å². The van der Waals surface area contributed by atoms with Crippen LogP contribution in [0.3, 0.4) is 0 Å². The fourth-order valence-corrected chi connectivity index (χ4v) is 6.20. The van der Waals surface area contributed by atoms with E-state index in [1.807, 2.05) is 18.2 Å². The van der Waals surface area contributed by atoms with E-state index < -0.39 is 11.7 Å². The van der Waals surface area contributed by atoms with Crippen LogP contribution in [0.5, 0.6) is 0 Å². The van der Waals surface area contributed by atoms with Crippen LogP contribution in [-0.4, -0.2) is 33.2 Å². The summed E-state index contributed by atoms with van der Waals surface area (Å²) in [4.78, 5) is 6.50. The molecule has 192 valence electrons. The van der Waals surface area contributed by atoms with Gasteiger partial charge < -0.3 is 5.32 Å². The lowest BCUT2D eigenvalue weighted by Crippen LogP contribution is -2.33. The standard InChI is InChI=1S/C27H32F3N5S/c1-18-5-4-10-35(15-18)16-19-11-23(27(28,29)30)24(32-13-19)14-31-22-9-3-8-21(12-22)25(20-6-2-7-20)26-34-33-17-36-26/h3,8-9,11-13,17-18,20,25,31H,2,4-7,10,14-16H2,1H3/t18-,25+/m0/s1. The van der Waals surface area contributed by atoms with Gasteiger partial charge in [0.25, 0.3) is 0 Å². The van der Waals surface area contributed by atoms with Gasteiger partial charge in [0.1, 0.15) is 10.5 Å². The second-order valence-electron chi connectivity index (χ2n) is 10.2. The number of aromatic nitrogens is 3. The van der Waals surface area contributed by atoms with E-state index in [-0.39, 0.29) is 18.2 Å². The van der Waals surface area contributed by atoms with E-state index in [4.69, 9.17) is 0 Å². The smallest absolute Gasteiger partial charge is 0.379 e. The molecule has 3 heterocycles. The molecule has 2 aromatic heterocycles. The first-order valence-corrected chi connectivity index (χ1v) is 13.6. The normalized spacial score (nSPS) is 20.2. The Balaban J connectivity index is 1.32. The van der Waals surface area contributed by atoms with Crippen LogP contribution in [0.15, 0.2) is 42.0 Å². The Labute approximate surface area is 214 Å². The average molecular weight is 516 g/mol. The number of hydrogen-bond acceptors (Lipinski definition) is 6. The van der Waals surface area contributed by atoms with E-state index in [1.165, 1.54) is 18.9 Å². The van der Waals surface area contributed by atoms with Crippen LogP contribution in [0, 0.1) is 11.8 Å². The van der Waals surface area contributed by atoms with Crippen molar-refractivity contribution in [1.82, 2.24) is 20.1 Å². The van der Waals surface area contributed by atoms with Crippen LogP contribution in [0.25, 0.3) is 0 Å². The zero-order valence-electron chi connectivity index (χ0n) is 20.5. The van der Waals surface area contributed by atoms with Gasteiger partial charge in [-0.3, -0.25) is 9.88 Å². The molecule has 9 heteroatoms. The molecule has 1 aliphatic heterocycles. The molecule has 2 aliphatic rings. The van der Waals surface area contributed by atoms with E-state index in [0.717, 1.165) is 48.6 Å². The third-order valence-electron chi connectivity index (χ3n) is 7.45. The van der Waals surface area contributed by atoms with Crippen LogP contribution in [0.1, 0.15) is 72.3 Å². The van der Waals surface area contributed by atoms with Gasteiger partial charge in [0.2, 0.25) is 0 Å². The molecule has 5 rings (SSSR count). The monoisotopic (exact) mass is 515 g/mol. The minimum absolute atomic E-state index is 0.00618. The van der Waals surface area contributed by atoms with E-state index in [2.05, 4.69) is 38.4 Å². The van der Waals surface area contributed by atoms with Crippen molar-refractivity contribution < 1.29 is 13.2 Å². The number of benzene rings is 1. The summed E-state index contributed by atoms with van der Waals surface area (Å²) in [7, 11) is 0. The molecule has 1 saturated heterocycles. The lowest BCUT2D eigenvalue weighted by Gasteiger charge is -2.32. The highest BCUT2D eigenvalue weighted by Gasteiger charge is 2.35. The first-order chi connectivity index (χ1) is 17.4. The summed E-state index contributed by atoms with van der Waals surface area (Å²) in [5, 5.41) is 12.5. The van der Waals surface area contributed by atoms with Crippen molar-refractivity contribution in [3.63, 3.8) is 0 Å². The quantitative estimate of drug-likeness (QED) is 0.361. The van der Waals surface area contributed by atoms with Gasteiger partial charge in [-0.1, -0.05) is 25.5 Å². The molecule has 0 amide bonds. The highest BCUT2D eigenvalue weighted by Crippen LogP contribution is 2.44. The first-order valence-electron chi connectivity index (χ1n) is 12.7. The molecule has 2 atom stereocenters. The molecule has 1 aromatic carbocycles. The molecule has 5 nitrogen and oxygen atoms in total. The molecule has 1 N–H and O–H groups in total. The summed E-state index contributed by atoms with van der Waals surface area (Å²) in [5.41, 5.74) is 3.63. The molecule has 0 bridgehead atoms. The van der Waals surface area contributed by atoms with Gasteiger partial charge >= 0.3 is 6.18 Å². The summed E-state index contributed by atoms with van der Waals surface area (Å²) >= 11 is 1.56. The van der Waals surface area contributed by atoms with Gasteiger partial charge in [0.15, 0.2) is 0 Å². The Morgan fingerprint density at radius 2 is 2.03 bits per heavy atom. The van der Waals surface area contributed by atoms with Crippen molar-refractivity contribution in [2.24, 2.45) is 11.8 Å². The maximum Gasteiger partial charge on any atom is 0.418 e. The maximum atomic E-state index is 14.0. The number of likely N-dealkylation sites (tertiary alicyclic amines) is 1. The van der Waals surface area contributed by atoms with Gasteiger partial charge in [-0.15, -0.1) is 21.5 Å². The van der Waals surface area contributed by atoms with Gasteiger partial charge in [-0.05, 0) is 73.4 Å². The summed E-state index contributed by atoms with van der Waals surface area (Å²) in [6.07, 6.45) is 2.94. The number of anilines is 1. The number of rotatable bonds is 8. The van der Waals surface area contributed by atoms with E-state index in [9.17, 15) is 13.2 Å². The number of alkyl halides is 3. The molecule has 2 fully saturated rings. The predicted molar refractivity (Wildman–Crippen MR) is 136 cm³/mol. The van der Waals surface area contributed by atoms with Crippen LogP contribution in [0.2, 0.25) is 0 Å². The van der Waals surface area contributed by atoms with Crippen molar-refractivity contribution in [1.29, 1.82) is 0 Å². The fraction of sp³-hybridized carbons (Fsp3) is 0.519. The molecule has 1 saturated carbocycles. The Bertz CT molecular complexity index is 1150.